The molecule has 0 radical (unpaired) electrons. The van der Waals surface area contributed by atoms with Gasteiger partial charge in [0.2, 0.25) is 0 Å². The highest BCUT2D eigenvalue weighted by Gasteiger charge is 2.00. The maximum atomic E-state index is 10.2. The van der Waals surface area contributed by atoms with E-state index in [4.69, 9.17) is 40.0 Å². The molecular formula is C8H8AlCl3O3. The third kappa shape index (κ3) is 6.89. The number of phenols is 1. The molecule has 0 atom stereocenters. The third-order valence-corrected chi connectivity index (χ3v) is 1.34. The van der Waals surface area contributed by atoms with Crippen LogP contribution in [-0.4, -0.2) is 29.9 Å². The number of carbonyl (C=O) groups is 1. The number of phenolic OH excluding ortho intramolecular Hbond substituents is 1. The van der Waals surface area contributed by atoms with Gasteiger partial charge in [-0.1, -0.05) is 0 Å². The number of hydrogen-bond donors (Lipinski definition) is 1. The van der Waals surface area contributed by atoms with Crippen molar-refractivity contribution in [1.82, 2.24) is 0 Å². The van der Waals surface area contributed by atoms with E-state index in [1.165, 1.54) is 25.3 Å². The number of hydrogen-bond acceptors (Lipinski definition) is 3. The Morgan fingerprint density at radius 3 is 2.33 bits per heavy atom. The van der Waals surface area contributed by atoms with Crippen LogP contribution in [0.15, 0.2) is 18.2 Å². The van der Waals surface area contributed by atoms with E-state index in [-0.39, 0.29) is 5.75 Å². The molecule has 0 spiro atoms. The Labute approximate surface area is 105 Å². The Hall–Kier alpha value is -0.108. The lowest BCUT2D eigenvalue weighted by Gasteiger charge is -2.01. The van der Waals surface area contributed by atoms with Gasteiger partial charge in [-0.05, 0) is 18.2 Å². The average molecular weight is 285 g/mol. The van der Waals surface area contributed by atoms with Crippen LogP contribution in [0.25, 0.3) is 0 Å². The second-order valence-electron chi connectivity index (χ2n) is 2.30. The molecule has 15 heavy (non-hydrogen) atoms. The largest absolute Gasteiger partial charge is 0.643 e. The normalized spacial score (nSPS) is 8.53. The molecule has 0 heterocycles. The van der Waals surface area contributed by atoms with Crippen LogP contribution < -0.4 is 4.74 Å². The monoisotopic (exact) mass is 284 g/mol. The van der Waals surface area contributed by atoms with Crippen LogP contribution in [0.3, 0.4) is 0 Å². The van der Waals surface area contributed by atoms with Gasteiger partial charge in [0.05, 0.1) is 7.11 Å². The number of halogens is 3. The van der Waals surface area contributed by atoms with Crippen molar-refractivity contribution in [3.63, 3.8) is 0 Å². The maximum absolute atomic E-state index is 10.2. The molecule has 0 aromatic heterocycles. The fraction of sp³-hybridized carbons (Fsp3) is 0.125. The second kappa shape index (κ2) is 8.09. The third-order valence-electron chi connectivity index (χ3n) is 1.34. The van der Waals surface area contributed by atoms with Crippen LogP contribution in [0.5, 0.6) is 11.5 Å². The summed E-state index contributed by atoms with van der Waals surface area (Å²) in [7, 11) is 16.3. The summed E-state index contributed by atoms with van der Waals surface area (Å²) in [5.41, 5.74) is 0.486. The minimum absolute atomic E-state index is 0.0399. The van der Waals surface area contributed by atoms with Gasteiger partial charge >= 0.3 is 11.4 Å². The fourth-order valence-electron chi connectivity index (χ4n) is 0.768. The molecule has 0 fully saturated rings. The molecule has 0 bridgehead atoms. The molecule has 0 saturated carbocycles. The summed E-state index contributed by atoms with van der Waals surface area (Å²) in [6.45, 7) is 0. The molecule has 0 aliphatic rings. The van der Waals surface area contributed by atoms with E-state index < -0.39 is 11.4 Å². The van der Waals surface area contributed by atoms with Crippen LogP contribution in [0.1, 0.15) is 10.4 Å². The highest BCUT2D eigenvalue weighted by molar-refractivity contribution is 7.54. The van der Waals surface area contributed by atoms with Crippen LogP contribution in [0.2, 0.25) is 0 Å². The Morgan fingerprint density at radius 1 is 1.40 bits per heavy atom. The predicted octanol–water partition coefficient (Wildman–Crippen LogP) is 2.90. The molecule has 0 aliphatic heterocycles. The van der Waals surface area contributed by atoms with Gasteiger partial charge in [-0.25, -0.2) is 30.1 Å². The Kier molecular flexibility index (Phi) is 8.03. The van der Waals surface area contributed by atoms with Gasteiger partial charge in [-0.2, -0.15) is 0 Å². The van der Waals surface area contributed by atoms with Gasteiger partial charge in [0.15, 0.2) is 11.5 Å². The number of aromatic hydroxyl groups is 1. The lowest BCUT2D eigenvalue weighted by atomic mass is 10.2. The molecule has 1 aromatic carbocycles. The van der Waals surface area contributed by atoms with E-state index in [1.807, 2.05) is 0 Å². The van der Waals surface area contributed by atoms with E-state index in [2.05, 4.69) is 0 Å². The topological polar surface area (TPSA) is 46.5 Å². The molecule has 1 N–H and O–H groups in total. The second-order valence-corrected chi connectivity index (χ2v) is 8.73. The highest BCUT2D eigenvalue weighted by Crippen LogP contribution is 2.25. The van der Waals surface area contributed by atoms with E-state index in [1.54, 1.807) is 0 Å². The Morgan fingerprint density at radius 2 is 1.93 bits per heavy atom. The minimum atomic E-state index is -1.72. The molecule has 1 rings (SSSR count). The fourth-order valence-corrected chi connectivity index (χ4v) is 0.768. The lowest BCUT2D eigenvalue weighted by Crippen LogP contribution is -1.85. The maximum Gasteiger partial charge on any atom is 0.643 e. The molecule has 0 saturated heterocycles. The SMILES string of the molecule is COc1cc(C=O)ccc1O.[Cl][Al]([Cl])[Cl]. The van der Waals surface area contributed by atoms with Crippen molar-refractivity contribution in [1.29, 1.82) is 0 Å². The first-order chi connectivity index (χ1) is 7.01. The molecule has 0 amide bonds. The standard InChI is InChI=1S/C8H8O3.Al.3ClH/c1-11-8-4-6(5-9)2-3-7(8)10;;;;/h2-5,10H,1H3;;3*1H/q;+3;;;/p-3. The van der Waals surface area contributed by atoms with E-state index in [0.29, 0.717) is 17.6 Å². The minimum Gasteiger partial charge on any atom is -0.504 e. The molecular weight excluding hydrogens is 277 g/mol. The van der Waals surface area contributed by atoms with Crippen molar-refractivity contribution >= 4 is 47.8 Å². The van der Waals surface area contributed by atoms with Crippen molar-refractivity contribution in [2.45, 2.75) is 0 Å². The van der Waals surface area contributed by atoms with Crippen molar-refractivity contribution < 1.29 is 14.6 Å². The summed E-state index contributed by atoms with van der Waals surface area (Å²) in [6.07, 6.45) is 0.696. The number of aldehydes is 1. The number of rotatable bonds is 2. The van der Waals surface area contributed by atoms with Gasteiger partial charge in [0.25, 0.3) is 0 Å². The quantitative estimate of drug-likeness (QED) is 0.671. The molecule has 3 nitrogen and oxygen atoms in total. The molecule has 0 unspecified atom stereocenters. The summed E-state index contributed by atoms with van der Waals surface area (Å²) in [5.74, 6) is 0.354. The zero-order valence-electron chi connectivity index (χ0n) is 7.78. The Balaban J connectivity index is 0.000000423. The van der Waals surface area contributed by atoms with Crippen LogP contribution >= 0.6 is 30.1 Å². The van der Waals surface area contributed by atoms with E-state index >= 15 is 0 Å². The number of benzene rings is 1. The average Bonchev–Trinajstić information content (AvgIpc) is 2.18. The number of ether oxygens (including phenoxy) is 1. The molecule has 0 aliphatic carbocycles. The van der Waals surface area contributed by atoms with Gasteiger partial charge in [0.1, 0.15) is 6.29 Å². The lowest BCUT2D eigenvalue weighted by molar-refractivity contribution is 0.112. The first kappa shape index (κ1) is 14.9. The van der Waals surface area contributed by atoms with Crippen LogP contribution in [0, 0.1) is 0 Å². The smallest absolute Gasteiger partial charge is 0.504 e. The first-order valence-electron chi connectivity index (χ1n) is 3.75. The number of methoxy groups -OCH3 is 1. The van der Waals surface area contributed by atoms with Gasteiger partial charge < -0.3 is 9.84 Å². The van der Waals surface area contributed by atoms with Crippen molar-refractivity contribution in [3.8, 4) is 11.5 Å². The van der Waals surface area contributed by atoms with Crippen molar-refractivity contribution in [2.75, 3.05) is 7.11 Å². The number of carbonyl (C=O) groups excluding carboxylic acids is 1. The molecule has 7 heteroatoms. The Bertz CT molecular complexity index is 317. The summed E-state index contributed by atoms with van der Waals surface area (Å²) in [6, 6.07) is 4.41. The van der Waals surface area contributed by atoms with Crippen LogP contribution in [0.4, 0.5) is 0 Å². The highest BCUT2D eigenvalue weighted by atomic mass is 35.8. The predicted molar refractivity (Wildman–Crippen MR) is 63.4 cm³/mol. The summed E-state index contributed by atoms with van der Waals surface area (Å²) in [4.78, 5) is 10.2. The van der Waals surface area contributed by atoms with Crippen LogP contribution in [-0.2, 0) is 0 Å². The van der Waals surface area contributed by atoms with E-state index in [0.717, 1.165) is 0 Å². The zero-order chi connectivity index (χ0) is 11.8. The first-order valence-corrected chi connectivity index (χ1v) is 8.99. The van der Waals surface area contributed by atoms with Gasteiger partial charge in [-0.15, -0.1) is 0 Å². The van der Waals surface area contributed by atoms with Gasteiger partial charge in [-0.3, -0.25) is 4.79 Å². The van der Waals surface area contributed by atoms with Crippen molar-refractivity contribution in [2.24, 2.45) is 0 Å². The van der Waals surface area contributed by atoms with Crippen molar-refractivity contribution in [3.05, 3.63) is 23.8 Å². The van der Waals surface area contributed by atoms with E-state index in [9.17, 15) is 4.79 Å². The van der Waals surface area contributed by atoms with Gasteiger partial charge in [0, 0.05) is 5.56 Å². The molecule has 82 valence electrons. The molecule has 1 aromatic rings. The summed E-state index contributed by atoms with van der Waals surface area (Å²) in [5, 5.41) is 9.09. The summed E-state index contributed by atoms with van der Waals surface area (Å²) < 4.78 is 4.78. The summed E-state index contributed by atoms with van der Waals surface area (Å²) >= 11 is -1.72. The zero-order valence-corrected chi connectivity index (χ0v) is 11.2.